The topological polar surface area (TPSA) is 26.3 Å². The number of carbonyl (C=O) groups excluding carboxylic acids is 1. The van der Waals surface area contributed by atoms with E-state index in [0.717, 1.165) is 0 Å². The number of hydrogen-bond acceptors (Lipinski definition) is 2. The maximum absolute atomic E-state index is 13.7. The second-order valence-electron chi connectivity index (χ2n) is 5.87. The van der Waals surface area contributed by atoms with Gasteiger partial charge in [0, 0.05) is 0 Å². The molecule has 2 nitrogen and oxygen atoms in total. The molecule has 0 N–H and O–H groups in total. The van der Waals surface area contributed by atoms with E-state index in [4.69, 9.17) is 4.74 Å². The van der Waals surface area contributed by atoms with E-state index in [1.807, 2.05) is 0 Å². The Kier molecular flexibility index (Phi) is 1.92. The van der Waals surface area contributed by atoms with E-state index >= 15 is 0 Å². The molecule has 0 amide bonds. The highest BCUT2D eigenvalue weighted by Gasteiger charge is 2.91. The zero-order valence-electron chi connectivity index (χ0n) is 9.77. The third-order valence-corrected chi connectivity index (χ3v) is 3.64. The predicted molar refractivity (Wildman–Crippen MR) is 55.1 cm³/mol. The second-order valence-corrected chi connectivity index (χ2v) is 5.87. The molecule has 3 rings (SSSR count). The normalized spacial score (nSPS) is 39.3. The van der Waals surface area contributed by atoms with E-state index in [0.29, 0.717) is 0 Å². The first-order valence-corrected chi connectivity index (χ1v) is 5.35. The van der Waals surface area contributed by atoms with Crippen LogP contribution in [-0.4, -0.2) is 17.5 Å². The van der Waals surface area contributed by atoms with Gasteiger partial charge in [0.25, 0.3) is 5.92 Å². The number of rotatable bonds is 2. The summed E-state index contributed by atoms with van der Waals surface area (Å²) in [5.41, 5.74) is -3.44. The lowest BCUT2D eigenvalue weighted by molar-refractivity contribution is -0.379. The van der Waals surface area contributed by atoms with Gasteiger partial charge in [0.05, 0.1) is 5.41 Å². The average Bonchev–Trinajstić information content (AvgIpc) is 1.98. The van der Waals surface area contributed by atoms with Gasteiger partial charge in [0.15, 0.2) is 0 Å². The Morgan fingerprint density at radius 2 is 1.88 bits per heavy atom. The van der Waals surface area contributed by atoms with Crippen molar-refractivity contribution in [3.63, 3.8) is 0 Å². The van der Waals surface area contributed by atoms with Crippen LogP contribution < -0.4 is 0 Å². The van der Waals surface area contributed by atoms with E-state index in [-0.39, 0.29) is 12.8 Å². The molecule has 0 aliphatic heterocycles. The van der Waals surface area contributed by atoms with Gasteiger partial charge in [-0.3, -0.25) is 4.79 Å². The molecule has 4 heteroatoms. The summed E-state index contributed by atoms with van der Waals surface area (Å²) in [6.07, 6.45) is 1.62. The van der Waals surface area contributed by atoms with E-state index in [1.165, 1.54) is 6.08 Å². The molecule has 0 saturated heterocycles. The van der Waals surface area contributed by atoms with Crippen molar-refractivity contribution in [3.05, 3.63) is 12.7 Å². The number of halogens is 2. The van der Waals surface area contributed by atoms with Crippen molar-refractivity contribution in [2.24, 2.45) is 10.8 Å². The molecule has 3 aliphatic rings. The molecule has 0 spiro atoms. The van der Waals surface area contributed by atoms with Crippen molar-refractivity contribution < 1.29 is 18.3 Å². The van der Waals surface area contributed by atoms with Gasteiger partial charge in [-0.05, 0) is 33.6 Å². The van der Waals surface area contributed by atoms with Crippen LogP contribution >= 0.6 is 0 Å². The summed E-state index contributed by atoms with van der Waals surface area (Å²) in [6, 6.07) is 0. The van der Waals surface area contributed by atoms with Gasteiger partial charge in [0.1, 0.15) is 11.0 Å². The van der Waals surface area contributed by atoms with Gasteiger partial charge in [0.2, 0.25) is 0 Å². The van der Waals surface area contributed by atoms with Gasteiger partial charge in [-0.1, -0.05) is 6.08 Å². The van der Waals surface area contributed by atoms with Crippen LogP contribution in [0, 0.1) is 10.8 Å². The van der Waals surface area contributed by atoms with Crippen LogP contribution in [0.4, 0.5) is 8.78 Å². The first-order chi connectivity index (χ1) is 7.10. The van der Waals surface area contributed by atoms with Gasteiger partial charge >= 0.3 is 5.97 Å². The van der Waals surface area contributed by atoms with Crippen LogP contribution in [0.1, 0.15) is 33.6 Å². The molecular weight excluding hydrogens is 214 g/mol. The molecule has 0 atom stereocenters. The van der Waals surface area contributed by atoms with Crippen LogP contribution in [0.3, 0.4) is 0 Å². The van der Waals surface area contributed by atoms with Crippen LogP contribution in [0.5, 0.6) is 0 Å². The first-order valence-electron chi connectivity index (χ1n) is 5.35. The Labute approximate surface area is 93.7 Å². The summed E-state index contributed by atoms with van der Waals surface area (Å²) < 4.78 is 32.5. The molecule has 0 aromatic heterocycles. The lowest BCUT2D eigenvalue weighted by Gasteiger charge is -2.72. The van der Waals surface area contributed by atoms with Crippen molar-refractivity contribution in [2.75, 3.05) is 0 Å². The zero-order valence-corrected chi connectivity index (χ0v) is 9.77. The number of hydrogen-bond donors (Lipinski definition) is 0. The maximum atomic E-state index is 13.7. The SMILES string of the molecule is C=CC12CC(C(=O)OC(C)(C)C)(C1)C2(F)F. The lowest BCUT2D eigenvalue weighted by atomic mass is 9.32. The third-order valence-electron chi connectivity index (χ3n) is 3.64. The second kappa shape index (κ2) is 2.66. The van der Waals surface area contributed by atoms with Crippen molar-refractivity contribution in [2.45, 2.75) is 45.1 Å². The summed E-state index contributed by atoms with van der Waals surface area (Å²) in [4.78, 5) is 11.7. The van der Waals surface area contributed by atoms with Crippen molar-refractivity contribution in [1.29, 1.82) is 0 Å². The van der Waals surface area contributed by atoms with Crippen LogP contribution in [0.2, 0.25) is 0 Å². The molecule has 3 saturated carbocycles. The van der Waals surface area contributed by atoms with Gasteiger partial charge in [-0.15, -0.1) is 6.58 Å². The van der Waals surface area contributed by atoms with Crippen LogP contribution in [0.15, 0.2) is 12.7 Å². The monoisotopic (exact) mass is 230 g/mol. The predicted octanol–water partition coefficient (Wildman–Crippen LogP) is 2.93. The highest BCUT2D eigenvalue weighted by molar-refractivity contribution is 5.84. The van der Waals surface area contributed by atoms with E-state index in [1.54, 1.807) is 20.8 Å². The summed E-state index contributed by atoms with van der Waals surface area (Å²) in [7, 11) is 0. The zero-order chi connectivity index (χ0) is 12.4. The molecule has 2 bridgehead atoms. The minimum atomic E-state index is -2.98. The van der Waals surface area contributed by atoms with Gasteiger partial charge < -0.3 is 4.74 Å². The van der Waals surface area contributed by atoms with Crippen molar-refractivity contribution in [3.8, 4) is 0 Å². The summed E-state index contributed by atoms with van der Waals surface area (Å²) in [5, 5.41) is 0. The summed E-state index contributed by atoms with van der Waals surface area (Å²) in [6.45, 7) is 8.46. The number of allylic oxidation sites excluding steroid dienone is 1. The molecule has 0 heterocycles. The smallest absolute Gasteiger partial charge is 0.318 e. The minimum Gasteiger partial charge on any atom is -0.459 e. The largest absolute Gasteiger partial charge is 0.459 e. The minimum absolute atomic E-state index is 0.172. The molecule has 0 unspecified atom stereocenters. The maximum Gasteiger partial charge on any atom is 0.318 e. The van der Waals surface area contributed by atoms with E-state index < -0.39 is 28.3 Å². The molecule has 0 aromatic rings. The average molecular weight is 230 g/mol. The van der Waals surface area contributed by atoms with Crippen LogP contribution in [0.25, 0.3) is 0 Å². The van der Waals surface area contributed by atoms with Gasteiger partial charge in [-0.2, -0.15) is 0 Å². The molecule has 0 aromatic carbocycles. The van der Waals surface area contributed by atoms with Gasteiger partial charge in [-0.25, -0.2) is 8.78 Å². The number of esters is 1. The summed E-state index contributed by atoms with van der Waals surface area (Å²) in [5.74, 6) is -3.75. The Balaban J connectivity index is 2.15. The van der Waals surface area contributed by atoms with Crippen LogP contribution in [-0.2, 0) is 9.53 Å². The Morgan fingerprint density at radius 3 is 2.19 bits per heavy atom. The fourth-order valence-electron chi connectivity index (χ4n) is 2.65. The standard InChI is InChI=1S/C12H16F2O2/c1-5-10-6-11(7-10,12(10,13)14)8(15)16-9(2,3)4/h5H,1,6-7H2,2-4H3. The van der Waals surface area contributed by atoms with E-state index in [9.17, 15) is 13.6 Å². The highest BCUT2D eigenvalue weighted by atomic mass is 19.3. The summed E-state index contributed by atoms with van der Waals surface area (Å²) >= 11 is 0. The highest BCUT2D eigenvalue weighted by Crippen LogP contribution is 2.82. The molecule has 90 valence electrons. The third kappa shape index (κ3) is 1.03. The fraction of sp³-hybridized carbons (Fsp3) is 0.750. The molecule has 16 heavy (non-hydrogen) atoms. The fourth-order valence-corrected chi connectivity index (χ4v) is 2.65. The first kappa shape index (κ1) is 11.6. The Hall–Kier alpha value is -0.930. The molecular formula is C12H16F2O2. The Bertz CT molecular complexity index is 360. The lowest BCUT2D eigenvalue weighted by Crippen LogP contribution is -2.81. The van der Waals surface area contributed by atoms with E-state index in [2.05, 4.69) is 6.58 Å². The molecule has 3 aliphatic carbocycles. The quantitative estimate of drug-likeness (QED) is 0.538. The van der Waals surface area contributed by atoms with Crippen molar-refractivity contribution >= 4 is 5.97 Å². The number of alkyl halides is 2. The number of ether oxygens (including phenoxy) is 1. The van der Waals surface area contributed by atoms with Crippen molar-refractivity contribution in [1.82, 2.24) is 0 Å². The Morgan fingerprint density at radius 1 is 1.38 bits per heavy atom. The molecule has 0 radical (unpaired) electrons. The molecule has 3 fully saturated rings. The number of carbonyl (C=O) groups is 1.